The summed E-state index contributed by atoms with van der Waals surface area (Å²) in [6.45, 7) is 1.43. The summed E-state index contributed by atoms with van der Waals surface area (Å²) in [5.74, 6) is 0.750. The SMILES string of the molecule is CN(C)c1ccc(C2CCN(C(=O)c3nc(-c4cccc(Cl)c4)c4ccccn34)C2)cc1. The highest BCUT2D eigenvalue weighted by molar-refractivity contribution is 6.30. The first-order chi connectivity index (χ1) is 15.5. The van der Waals surface area contributed by atoms with E-state index in [-0.39, 0.29) is 5.91 Å². The third-order valence-electron chi connectivity index (χ3n) is 6.19. The summed E-state index contributed by atoms with van der Waals surface area (Å²) in [6.07, 6.45) is 2.86. The van der Waals surface area contributed by atoms with Crippen LogP contribution in [0.3, 0.4) is 0 Å². The Hall–Kier alpha value is -3.31. The molecule has 1 atom stereocenters. The van der Waals surface area contributed by atoms with E-state index in [0.717, 1.165) is 29.7 Å². The van der Waals surface area contributed by atoms with Crippen LogP contribution >= 0.6 is 11.6 Å². The molecule has 4 aromatic rings. The minimum Gasteiger partial charge on any atom is -0.378 e. The standard InChI is InChI=1S/C26H25ClN4O/c1-29(2)22-11-9-18(10-12-22)20-13-15-30(17-20)26(32)25-28-24(19-6-5-7-21(27)16-19)23-8-3-4-14-31(23)25/h3-12,14,16,20H,13,15,17H2,1-2H3. The van der Waals surface area contributed by atoms with E-state index in [9.17, 15) is 4.79 Å². The number of pyridine rings is 1. The Labute approximate surface area is 192 Å². The second-order valence-electron chi connectivity index (χ2n) is 8.47. The van der Waals surface area contributed by atoms with Gasteiger partial charge in [0.05, 0.1) is 11.2 Å². The number of carbonyl (C=O) groups is 1. The second kappa shape index (κ2) is 8.32. The number of benzene rings is 2. The van der Waals surface area contributed by atoms with Crippen molar-refractivity contribution in [3.8, 4) is 11.3 Å². The van der Waals surface area contributed by atoms with Crippen molar-refractivity contribution in [3.05, 3.63) is 89.3 Å². The molecule has 0 saturated carbocycles. The number of hydrogen-bond acceptors (Lipinski definition) is 3. The first-order valence-electron chi connectivity index (χ1n) is 10.8. The molecule has 1 amide bonds. The molecular formula is C26H25ClN4O. The van der Waals surface area contributed by atoms with E-state index in [0.29, 0.717) is 23.3 Å². The topological polar surface area (TPSA) is 40.8 Å². The quantitative estimate of drug-likeness (QED) is 0.426. The Morgan fingerprint density at radius 3 is 2.62 bits per heavy atom. The number of anilines is 1. The molecule has 1 saturated heterocycles. The molecule has 1 fully saturated rings. The first-order valence-corrected chi connectivity index (χ1v) is 11.2. The van der Waals surface area contributed by atoms with Gasteiger partial charge in [-0.05, 0) is 48.4 Å². The average molecular weight is 445 g/mol. The fourth-order valence-electron chi connectivity index (χ4n) is 4.44. The van der Waals surface area contributed by atoms with E-state index in [2.05, 4.69) is 29.2 Å². The fraction of sp³-hybridized carbons (Fsp3) is 0.231. The summed E-state index contributed by atoms with van der Waals surface area (Å²) in [5, 5.41) is 0.648. The van der Waals surface area contributed by atoms with Crippen molar-refractivity contribution < 1.29 is 4.79 Å². The molecule has 3 heterocycles. The van der Waals surface area contributed by atoms with Crippen molar-refractivity contribution in [3.63, 3.8) is 0 Å². The van der Waals surface area contributed by atoms with E-state index in [1.807, 2.05) is 72.1 Å². The zero-order chi connectivity index (χ0) is 22.2. The van der Waals surface area contributed by atoms with Crippen LogP contribution in [0.4, 0.5) is 5.69 Å². The lowest BCUT2D eigenvalue weighted by atomic mass is 9.98. The molecule has 0 aliphatic carbocycles. The van der Waals surface area contributed by atoms with Crippen molar-refractivity contribution in [2.45, 2.75) is 12.3 Å². The average Bonchev–Trinajstić information content (AvgIpc) is 3.44. The molecule has 0 spiro atoms. The van der Waals surface area contributed by atoms with E-state index >= 15 is 0 Å². The van der Waals surface area contributed by atoms with Gasteiger partial charge in [0.25, 0.3) is 5.91 Å². The Morgan fingerprint density at radius 2 is 1.88 bits per heavy atom. The molecule has 5 nitrogen and oxygen atoms in total. The summed E-state index contributed by atoms with van der Waals surface area (Å²) < 4.78 is 1.89. The third kappa shape index (κ3) is 3.73. The van der Waals surface area contributed by atoms with Gasteiger partial charge in [0, 0.05) is 55.6 Å². The van der Waals surface area contributed by atoms with Crippen LogP contribution in [0.5, 0.6) is 0 Å². The molecule has 0 radical (unpaired) electrons. The highest BCUT2D eigenvalue weighted by Crippen LogP contribution is 2.31. The van der Waals surface area contributed by atoms with Crippen LogP contribution in [-0.4, -0.2) is 47.4 Å². The Morgan fingerprint density at radius 1 is 1.06 bits per heavy atom. The van der Waals surface area contributed by atoms with E-state index in [4.69, 9.17) is 16.6 Å². The summed E-state index contributed by atoms with van der Waals surface area (Å²) >= 11 is 6.21. The van der Waals surface area contributed by atoms with Gasteiger partial charge in [-0.15, -0.1) is 0 Å². The van der Waals surface area contributed by atoms with Crippen LogP contribution in [0.25, 0.3) is 16.8 Å². The predicted octanol–water partition coefficient (Wildman–Crippen LogP) is 5.35. The molecule has 1 unspecified atom stereocenters. The fourth-order valence-corrected chi connectivity index (χ4v) is 4.63. The number of halogens is 1. The van der Waals surface area contributed by atoms with Crippen LogP contribution < -0.4 is 4.90 Å². The highest BCUT2D eigenvalue weighted by atomic mass is 35.5. The number of rotatable bonds is 4. The maximum absolute atomic E-state index is 13.5. The Kier molecular flexibility index (Phi) is 5.35. The zero-order valence-corrected chi connectivity index (χ0v) is 19.0. The number of nitrogens with zero attached hydrogens (tertiary/aromatic N) is 4. The van der Waals surface area contributed by atoms with Gasteiger partial charge in [-0.1, -0.05) is 41.9 Å². The summed E-state index contributed by atoms with van der Waals surface area (Å²) in [4.78, 5) is 22.3. The third-order valence-corrected chi connectivity index (χ3v) is 6.43. The minimum absolute atomic E-state index is 0.0353. The largest absolute Gasteiger partial charge is 0.378 e. The molecular weight excluding hydrogens is 420 g/mol. The number of fused-ring (bicyclic) bond motifs is 1. The molecule has 2 aromatic carbocycles. The first kappa shape index (κ1) is 20.6. The van der Waals surface area contributed by atoms with Crippen LogP contribution in [-0.2, 0) is 0 Å². The van der Waals surface area contributed by atoms with Crippen molar-refractivity contribution >= 4 is 28.7 Å². The highest BCUT2D eigenvalue weighted by Gasteiger charge is 2.30. The Balaban J connectivity index is 1.43. The number of amides is 1. The molecule has 0 N–H and O–H groups in total. The minimum atomic E-state index is -0.0353. The molecule has 0 bridgehead atoms. The molecule has 1 aliphatic rings. The van der Waals surface area contributed by atoms with Gasteiger partial charge in [0.1, 0.15) is 0 Å². The number of likely N-dealkylation sites (tertiary alicyclic amines) is 1. The zero-order valence-electron chi connectivity index (χ0n) is 18.2. The van der Waals surface area contributed by atoms with Crippen molar-refractivity contribution in [2.75, 3.05) is 32.1 Å². The molecule has 5 rings (SSSR count). The van der Waals surface area contributed by atoms with Gasteiger partial charge >= 0.3 is 0 Å². The summed E-state index contributed by atoms with van der Waals surface area (Å²) in [7, 11) is 4.08. The summed E-state index contributed by atoms with van der Waals surface area (Å²) in [5.41, 5.74) is 5.02. The predicted molar refractivity (Wildman–Crippen MR) is 130 cm³/mol. The van der Waals surface area contributed by atoms with Gasteiger partial charge < -0.3 is 9.80 Å². The monoisotopic (exact) mass is 444 g/mol. The second-order valence-corrected chi connectivity index (χ2v) is 8.91. The molecule has 1 aliphatic heterocycles. The lowest BCUT2D eigenvalue weighted by Gasteiger charge is -2.17. The maximum atomic E-state index is 13.5. The molecule has 32 heavy (non-hydrogen) atoms. The van der Waals surface area contributed by atoms with Crippen molar-refractivity contribution in [1.29, 1.82) is 0 Å². The maximum Gasteiger partial charge on any atom is 0.290 e. The van der Waals surface area contributed by atoms with Gasteiger partial charge in [-0.25, -0.2) is 4.98 Å². The number of hydrogen-bond donors (Lipinski definition) is 0. The summed E-state index contributed by atoms with van der Waals surface area (Å²) in [6, 6.07) is 22.1. The molecule has 6 heteroatoms. The number of aromatic nitrogens is 2. The van der Waals surface area contributed by atoms with E-state index in [1.54, 1.807) is 0 Å². The normalized spacial score (nSPS) is 16.0. The number of imidazole rings is 1. The van der Waals surface area contributed by atoms with Crippen LogP contribution in [0.2, 0.25) is 5.02 Å². The van der Waals surface area contributed by atoms with Gasteiger partial charge in [0.15, 0.2) is 0 Å². The molecule has 2 aromatic heterocycles. The van der Waals surface area contributed by atoms with E-state index < -0.39 is 0 Å². The van der Waals surface area contributed by atoms with E-state index in [1.165, 1.54) is 11.3 Å². The smallest absolute Gasteiger partial charge is 0.290 e. The Bertz CT molecular complexity index is 1280. The number of carbonyl (C=O) groups excluding carboxylic acids is 1. The van der Waals surface area contributed by atoms with Crippen LogP contribution in [0, 0.1) is 0 Å². The van der Waals surface area contributed by atoms with Crippen LogP contribution in [0.15, 0.2) is 72.9 Å². The van der Waals surface area contributed by atoms with Crippen molar-refractivity contribution in [1.82, 2.24) is 14.3 Å². The van der Waals surface area contributed by atoms with Gasteiger partial charge in [-0.3, -0.25) is 9.20 Å². The molecule has 162 valence electrons. The van der Waals surface area contributed by atoms with Gasteiger partial charge in [-0.2, -0.15) is 0 Å². The lowest BCUT2D eigenvalue weighted by molar-refractivity contribution is 0.0778. The lowest BCUT2D eigenvalue weighted by Crippen LogP contribution is -2.30. The van der Waals surface area contributed by atoms with Gasteiger partial charge in [0.2, 0.25) is 5.82 Å². The van der Waals surface area contributed by atoms with Crippen LogP contribution in [0.1, 0.15) is 28.5 Å². The van der Waals surface area contributed by atoms with Crippen molar-refractivity contribution in [2.24, 2.45) is 0 Å².